The molecule has 10 heteroatoms. The van der Waals surface area contributed by atoms with E-state index in [2.05, 4.69) is 5.32 Å². The van der Waals surface area contributed by atoms with E-state index in [-0.39, 0.29) is 29.0 Å². The number of hydrogen-bond acceptors (Lipinski definition) is 5. The number of nitrogens with one attached hydrogen (secondary N) is 1. The van der Waals surface area contributed by atoms with Crippen LogP contribution in [0.15, 0.2) is 42.5 Å². The van der Waals surface area contributed by atoms with Crippen molar-refractivity contribution in [1.82, 2.24) is 0 Å². The largest absolute Gasteiger partial charge is 0.324 e. The van der Waals surface area contributed by atoms with Gasteiger partial charge in [0.25, 0.3) is 5.69 Å². The summed E-state index contributed by atoms with van der Waals surface area (Å²) >= 11 is 5.98. The van der Waals surface area contributed by atoms with Crippen molar-refractivity contribution >= 4 is 44.6 Å². The number of hydrogen-bond donors (Lipinski definition) is 1. The minimum absolute atomic E-state index is 0.138. The molecular weight excluding hydrogens is 406 g/mol. The molecule has 1 atom stereocenters. The van der Waals surface area contributed by atoms with E-state index in [9.17, 15) is 23.3 Å². The van der Waals surface area contributed by atoms with Crippen LogP contribution in [0.5, 0.6) is 0 Å². The first-order chi connectivity index (χ1) is 13.1. The highest BCUT2D eigenvalue weighted by Crippen LogP contribution is 2.28. The predicted octanol–water partition coefficient (Wildman–Crippen LogP) is 3.74. The summed E-state index contributed by atoms with van der Waals surface area (Å²) in [6.45, 7) is 3.19. The molecule has 1 amide bonds. The molecule has 2 aromatic carbocycles. The molecule has 150 valence electrons. The Hall–Kier alpha value is -2.65. The highest BCUT2D eigenvalue weighted by Gasteiger charge is 2.32. The summed E-state index contributed by atoms with van der Waals surface area (Å²) < 4.78 is 25.8. The van der Waals surface area contributed by atoms with Crippen molar-refractivity contribution in [3.63, 3.8) is 0 Å². The smallest absolute Gasteiger partial charge is 0.274 e. The Morgan fingerprint density at radius 2 is 1.93 bits per heavy atom. The number of amides is 1. The summed E-state index contributed by atoms with van der Waals surface area (Å²) in [6, 6.07) is 9.43. The summed E-state index contributed by atoms with van der Waals surface area (Å²) in [6.07, 6.45) is 1.18. The van der Waals surface area contributed by atoms with Gasteiger partial charge in [-0.15, -0.1) is 0 Å². The number of halogens is 1. The van der Waals surface area contributed by atoms with Gasteiger partial charge in [-0.05, 0) is 37.6 Å². The van der Waals surface area contributed by atoms with Gasteiger partial charge in [0.05, 0.1) is 28.1 Å². The van der Waals surface area contributed by atoms with E-state index in [0.29, 0.717) is 5.02 Å². The van der Waals surface area contributed by atoms with Crippen LogP contribution < -0.4 is 9.62 Å². The molecule has 0 radical (unpaired) electrons. The molecule has 28 heavy (non-hydrogen) atoms. The fourth-order valence-corrected chi connectivity index (χ4v) is 4.23. The maximum absolute atomic E-state index is 12.9. The monoisotopic (exact) mass is 425 g/mol. The Morgan fingerprint density at radius 3 is 2.46 bits per heavy atom. The molecule has 0 saturated carbocycles. The second kappa shape index (κ2) is 8.57. The van der Waals surface area contributed by atoms with Gasteiger partial charge in [0, 0.05) is 11.1 Å². The van der Waals surface area contributed by atoms with E-state index in [1.807, 2.05) is 0 Å². The lowest BCUT2D eigenvalue weighted by molar-refractivity contribution is -0.385. The van der Waals surface area contributed by atoms with Gasteiger partial charge in [-0.1, -0.05) is 30.7 Å². The lowest BCUT2D eigenvalue weighted by Gasteiger charge is -2.30. The third-order valence-corrected chi connectivity index (χ3v) is 5.57. The molecule has 0 heterocycles. The molecule has 8 nitrogen and oxygen atoms in total. The summed E-state index contributed by atoms with van der Waals surface area (Å²) in [7, 11) is -3.81. The zero-order chi connectivity index (χ0) is 21.1. The number of sulfonamides is 1. The number of carbonyl (C=O) groups excluding carboxylic acids is 1. The second-order valence-electron chi connectivity index (χ2n) is 6.16. The standard InChI is InChI=1S/C18H20ClN3O5S/c1-4-16(21(28(3,26)27)14-8-5-7-13(19)11-14)18(23)20-15-9-6-10-17(12(15)2)22(24)25/h5-11,16H,4H2,1-3H3,(H,20,23). The highest BCUT2D eigenvalue weighted by molar-refractivity contribution is 7.92. The highest BCUT2D eigenvalue weighted by atomic mass is 35.5. The molecule has 0 aromatic heterocycles. The molecule has 0 saturated heterocycles. The number of carbonyl (C=O) groups is 1. The molecule has 0 aliphatic heterocycles. The maximum Gasteiger partial charge on any atom is 0.274 e. The van der Waals surface area contributed by atoms with Crippen molar-refractivity contribution < 1.29 is 18.1 Å². The van der Waals surface area contributed by atoms with Gasteiger partial charge in [-0.3, -0.25) is 19.2 Å². The normalized spacial score (nSPS) is 12.3. The first-order valence-corrected chi connectivity index (χ1v) is 10.6. The van der Waals surface area contributed by atoms with Crippen molar-refractivity contribution in [1.29, 1.82) is 0 Å². The number of nitrogens with zero attached hydrogens (tertiary/aromatic N) is 2. The minimum atomic E-state index is -3.81. The number of benzene rings is 2. The van der Waals surface area contributed by atoms with Crippen LogP contribution in [-0.4, -0.2) is 31.5 Å². The lowest BCUT2D eigenvalue weighted by atomic mass is 10.1. The molecule has 1 N–H and O–H groups in total. The molecule has 0 bridgehead atoms. The second-order valence-corrected chi connectivity index (χ2v) is 8.45. The van der Waals surface area contributed by atoms with Crippen LogP contribution in [0.3, 0.4) is 0 Å². The average Bonchev–Trinajstić information content (AvgIpc) is 2.59. The Bertz CT molecular complexity index is 1010. The molecule has 0 aliphatic rings. The Balaban J connectivity index is 2.43. The third-order valence-electron chi connectivity index (χ3n) is 4.15. The van der Waals surface area contributed by atoms with Gasteiger partial charge in [-0.2, -0.15) is 0 Å². The van der Waals surface area contributed by atoms with E-state index in [1.54, 1.807) is 25.1 Å². The molecule has 2 aromatic rings. The number of nitro benzene ring substituents is 1. The van der Waals surface area contributed by atoms with Crippen LogP contribution in [0, 0.1) is 17.0 Å². The summed E-state index contributed by atoms with van der Waals surface area (Å²) in [4.78, 5) is 23.5. The molecule has 0 aliphatic carbocycles. The van der Waals surface area contributed by atoms with Crippen molar-refractivity contribution in [2.75, 3.05) is 15.9 Å². The van der Waals surface area contributed by atoms with Crippen LogP contribution in [-0.2, 0) is 14.8 Å². The topological polar surface area (TPSA) is 110 Å². The zero-order valence-corrected chi connectivity index (χ0v) is 17.1. The van der Waals surface area contributed by atoms with Crippen LogP contribution in [0.4, 0.5) is 17.1 Å². The molecule has 2 rings (SSSR count). The first-order valence-electron chi connectivity index (χ1n) is 8.36. The number of anilines is 2. The summed E-state index contributed by atoms with van der Waals surface area (Å²) in [5.74, 6) is -0.600. The van der Waals surface area contributed by atoms with E-state index in [1.165, 1.54) is 31.2 Å². The van der Waals surface area contributed by atoms with Crippen molar-refractivity contribution in [2.24, 2.45) is 0 Å². The van der Waals surface area contributed by atoms with E-state index in [0.717, 1.165) is 10.6 Å². The SMILES string of the molecule is CCC(C(=O)Nc1cccc([N+](=O)[O-])c1C)N(c1cccc(Cl)c1)S(C)(=O)=O. The van der Waals surface area contributed by atoms with Crippen molar-refractivity contribution in [2.45, 2.75) is 26.3 Å². The van der Waals surface area contributed by atoms with Gasteiger partial charge in [0.2, 0.25) is 15.9 Å². The van der Waals surface area contributed by atoms with Gasteiger partial charge in [0.1, 0.15) is 6.04 Å². The lowest BCUT2D eigenvalue weighted by Crippen LogP contribution is -2.47. The minimum Gasteiger partial charge on any atom is -0.324 e. The van der Waals surface area contributed by atoms with Crippen LogP contribution in [0.2, 0.25) is 5.02 Å². The van der Waals surface area contributed by atoms with Crippen molar-refractivity contribution in [3.8, 4) is 0 Å². The van der Waals surface area contributed by atoms with Gasteiger partial charge < -0.3 is 5.32 Å². The van der Waals surface area contributed by atoms with Crippen LogP contribution >= 0.6 is 11.6 Å². The summed E-state index contributed by atoms with van der Waals surface area (Å²) in [5.41, 5.74) is 0.648. The fourth-order valence-electron chi connectivity index (χ4n) is 2.85. The van der Waals surface area contributed by atoms with Crippen LogP contribution in [0.1, 0.15) is 18.9 Å². The number of nitro groups is 1. The Kier molecular flexibility index (Phi) is 6.63. The first kappa shape index (κ1) is 21.6. The molecule has 0 spiro atoms. The van der Waals surface area contributed by atoms with Gasteiger partial charge in [-0.25, -0.2) is 8.42 Å². The maximum atomic E-state index is 12.9. The molecule has 0 fully saturated rings. The zero-order valence-electron chi connectivity index (χ0n) is 15.5. The quantitative estimate of drug-likeness (QED) is 0.536. The van der Waals surface area contributed by atoms with Crippen molar-refractivity contribution in [3.05, 3.63) is 63.2 Å². The fraction of sp³-hybridized carbons (Fsp3) is 0.278. The van der Waals surface area contributed by atoms with Gasteiger partial charge >= 0.3 is 0 Å². The molecular formula is C18H20ClN3O5S. The third kappa shape index (κ3) is 4.79. The Morgan fingerprint density at radius 1 is 1.29 bits per heavy atom. The van der Waals surface area contributed by atoms with E-state index in [4.69, 9.17) is 11.6 Å². The van der Waals surface area contributed by atoms with E-state index >= 15 is 0 Å². The average molecular weight is 426 g/mol. The van der Waals surface area contributed by atoms with Gasteiger partial charge in [0.15, 0.2) is 0 Å². The molecule has 1 unspecified atom stereocenters. The Labute approximate surface area is 168 Å². The summed E-state index contributed by atoms with van der Waals surface area (Å²) in [5, 5.41) is 14.0. The number of rotatable bonds is 7. The van der Waals surface area contributed by atoms with Crippen LogP contribution in [0.25, 0.3) is 0 Å². The van der Waals surface area contributed by atoms with E-state index < -0.39 is 26.9 Å². The predicted molar refractivity (Wildman–Crippen MR) is 109 cm³/mol.